The predicted octanol–water partition coefficient (Wildman–Crippen LogP) is 13.3. The molecule has 75 heavy (non-hydrogen) atoms. The van der Waals surface area contributed by atoms with Crippen LogP contribution in [0.5, 0.6) is 0 Å². The number of amides is 1. The molecule has 8 unspecified atom stereocenters. The fourth-order valence-corrected chi connectivity index (χ4v) is 8.12. The fourth-order valence-electron chi connectivity index (χ4n) is 8.12. The summed E-state index contributed by atoms with van der Waals surface area (Å²) in [7, 11) is 0. The van der Waals surface area contributed by atoms with Crippen molar-refractivity contribution in [2.45, 2.75) is 243 Å². The van der Waals surface area contributed by atoms with Crippen molar-refractivity contribution in [3.8, 4) is 0 Å². The Balaban J connectivity index is 2.73. The molecule has 1 rings (SSSR count). The Hall–Kier alpha value is -4.20. The van der Waals surface area contributed by atoms with Crippen LogP contribution in [0.4, 0.5) is 0 Å². The molecule has 1 aliphatic heterocycles. The first-order chi connectivity index (χ1) is 36.7. The van der Waals surface area contributed by atoms with E-state index >= 15 is 0 Å². The van der Waals surface area contributed by atoms with E-state index in [1.54, 1.807) is 6.08 Å². The summed E-state index contributed by atoms with van der Waals surface area (Å²) in [5, 5.41) is 56.8. The monoisotopic (exact) mass is 1050 g/mol. The van der Waals surface area contributed by atoms with Gasteiger partial charge in [-0.05, 0) is 83.5 Å². The van der Waals surface area contributed by atoms with Crippen molar-refractivity contribution in [2.75, 3.05) is 13.2 Å². The molecule has 1 aliphatic rings. The molecule has 0 radical (unpaired) electrons. The number of ether oxygens (including phenoxy) is 3. The summed E-state index contributed by atoms with van der Waals surface area (Å²) in [4.78, 5) is 26.4. The highest BCUT2D eigenvalue weighted by molar-refractivity contribution is 5.80. The Bertz CT molecular complexity index is 1720. The minimum atomic E-state index is -1.65. The van der Waals surface area contributed by atoms with Gasteiger partial charge in [-0.2, -0.15) is 0 Å². The number of carbonyl (C=O) groups is 2. The van der Waals surface area contributed by atoms with Crippen molar-refractivity contribution in [3.05, 3.63) is 134 Å². The normalized spacial score (nSPS) is 20.2. The molecule has 0 saturated carbocycles. The quantitative estimate of drug-likeness (QED) is 0.0149. The molecule has 1 saturated heterocycles. The number of nitrogens with one attached hydrogen (secondary N) is 1. The molecule has 0 aromatic heterocycles. The van der Waals surface area contributed by atoms with Crippen LogP contribution in [0.3, 0.4) is 0 Å². The Labute approximate surface area is 454 Å². The molecule has 1 amide bonds. The highest BCUT2D eigenvalue weighted by atomic mass is 16.7. The molecule has 1 fully saturated rings. The molecule has 1 heterocycles. The van der Waals surface area contributed by atoms with Gasteiger partial charge in [0.05, 0.1) is 25.4 Å². The Morgan fingerprint density at radius 1 is 0.547 bits per heavy atom. The molecule has 8 atom stereocenters. The van der Waals surface area contributed by atoms with Crippen molar-refractivity contribution in [1.29, 1.82) is 0 Å². The van der Waals surface area contributed by atoms with Crippen LogP contribution in [-0.2, 0) is 23.8 Å². The van der Waals surface area contributed by atoms with Crippen molar-refractivity contribution < 1.29 is 49.3 Å². The lowest BCUT2D eigenvalue weighted by Crippen LogP contribution is -2.61. The lowest BCUT2D eigenvalue weighted by Gasteiger charge is -2.41. The maximum absolute atomic E-state index is 13.4. The zero-order chi connectivity index (χ0) is 54.7. The first-order valence-electron chi connectivity index (χ1n) is 29.0. The average Bonchev–Trinajstić information content (AvgIpc) is 3.41. The lowest BCUT2D eigenvalue weighted by atomic mass is 9.99. The van der Waals surface area contributed by atoms with Crippen LogP contribution >= 0.6 is 0 Å². The van der Waals surface area contributed by atoms with E-state index in [1.807, 2.05) is 60.8 Å². The molecular weight excluding hydrogens is 943 g/mol. The maximum Gasteiger partial charge on any atom is 0.306 e. The maximum atomic E-state index is 13.4. The Morgan fingerprint density at radius 2 is 1.03 bits per heavy atom. The second kappa shape index (κ2) is 50.6. The van der Waals surface area contributed by atoms with Gasteiger partial charge in [-0.15, -0.1) is 0 Å². The smallest absolute Gasteiger partial charge is 0.306 e. The van der Waals surface area contributed by atoms with Gasteiger partial charge in [0, 0.05) is 6.42 Å². The topological polar surface area (TPSA) is 175 Å². The highest BCUT2D eigenvalue weighted by Crippen LogP contribution is 2.26. The Kier molecular flexibility index (Phi) is 46.4. The minimum absolute atomic E-state index is 0.0182. The van der Waals surface area contributed by atoms with Crippen molar-refractivity contribution in [1.82, 2.24) is 5.32 Å². The summed E-state index contributed by atoms with van der Waals surface area (Å²) in [5.74, 6) is -1.30. The number of aliphatic hydroxyl groups excluding tert-OH is 5. The zero-order valence-corrected chi connectivity index (χ0v) is 46.6. The van der Waals surface area contributed by atoms with Gasteiger partial charge in [0.25, 0.3) is 0 Å². The van der Waals surface area contributed by atoms with E-state index in [9.17, 15) is 35.1 Å². The molecule has 11 nitrogen and oxygen atoms in total. The van der Waals surface area contributed by atoms with Crippen LogP contribution in [0.2, 0.25) is 0 Å². The third-order valence-electron chi connectivity index (χ3n) is 12.7. The standard InChI is InChI=1S/C64H103NO10/c1-4-7-10-13-16-19-22-24-25-26-27-28-29-30-31-32-34-36-39-42-45-48-51-57(68)63(72)65-55(56(67)50-47-44-41-38-35-21-18-15-12-9-6-3)54-73-64-62(61(71)60(70)58(53-66)74-64)75-59(69)52-49-46-43-40-37-33-23-20-17-14-11-8-5-2/h7-8,10-11,14,16-17,19-20,23-25,27-28,30-31,33,37,40,43,47,50,55-58,60-62,64,66-68,70-71H,4-6,9,12-13,15,18,21-22,26,29,32,34-36,38-39,41-42,44-46,48-49,51-54H2,1-3H3,(H,65,72)/b10-7-,11-8+,17-14+,19-16-,23-20-,25-24-,28-27-,31-30-,37-33-,43-40+,50-47+. The van der Waals surface area contributed by atoms with E-state index in [2.05, 4.69) is 92.9 Å². The zero-order valence-electron chi connectivity index (χ0n) is 46.6. The van der Waals surface area contributed by atoms with Crippen LogP contribution in [0.1, 0.15) is 194 Å². The number of hydrogen-bond donors (Lipinski definition) is 6. The van der Waals surface area contributed by atoms with Crippen LogP contribution in [0.15, 0.2) is 134 Å². The van der Waals surface area contributed by atoms with Crippen LogP contribution in [-0.4, -0.2) is 99.6 Å². The molecule has 0 spiro atoms. The summed E-state index contributed by atoms with van der Waals surface area (Å²) < 4.78 is 17.5. The van der Waals surface area contributed by atoms with Crippen molar-refractivity contribution in [2.24, 2.45) is 0 Å². The number of rotatable bonds is 46. The van der Waals surface area contributed by atoms with E-state index in [1.165, 1.54) is 38.5 Å². The number of aliphatic hydroxyl groups is 5. The number of hydrogen-bond acceptors (Lipinski definition) is 10. The van der Waals surface area contributed by atoms with Gasteiger partial charge in [-0.25, -0.2) is 0 Å². The van der Waals surface area contributed by atoms with E-state index < -0.39 is 67.4 Å². The molecule has 11 heteroatoms. The summed E-state index contributed by atoms with van der Waals surface area (Å²) in [5.41, 5.74) is 0. The van der Waals surface area contributed by atoms with Gasteiger partial charge in [0.15, 0.2) is 12.4 Å². The predicted molar refractivity (Wildman–Crippen MR) is 310 cm³/mol. The number of esters is 1. The summed E-state index contributed by atoms with van der Waals surface area (Å²) in [6, 6.07) is -1.05. The minimum Gasteiger partial charge on any atom is -0.454 e. The molecular formula is C64H103NO10. The van der Waals surface area contributed by atoms with Gasteiger partial charge in [0.1, 0.15) is 24.4 Å². The molecule has 6 N–H and O–H groups in total. The third-order valence-corrected chi connectivity index (χ3v) is 12.7. The van der Waals surface area contributed by atoms with Gasteiger partial charge >= 0.3 is 5.97 Å². The first-order valence-corrected chi connectivity index (χ1v) is 29.0. The van der Waals surface area contributed by atoms with E-state index in [-0.39, 0.29) is 19.4 Å². The van der Waals surface area contributed by atoms with Gasteiger partial charge < -0.3 is 45.1 Å². The van der Waals surface area contributed by atoms with Crippen molar-refractivity contribution >= 4 is 11.9 Å². The van der Waals surface area contributed by atoms with E-state index in [0.29, 0.717) is 19.3 Å². The average molecular weight is 1050 g/mol. The fraction of sp³-hybridized carbons (Fsp3) is 0.625. The number of allylic oxidation sites excluding steroid dienone is 21. The summed E-state index contributed by atoms with van der Waals surface area (Å²) >= 11 is 0. The molecule has 0 aliphatic carbocycles. The van der Waals surface area contributed by atoms with Crippen molar-refractivity contribution in [3.63, 3.8) is 0 Å². The SMILES string of the molecule is CC/C=C\C/C=C\C/C=C\C/C=C\C/C=C\CCCCCCCCC(O)C(=O)NC(COC1OC(CO)C(O)C(O)C1OC(=O)CCC/C=C/C=C\C=C/C=C/C=C/CC)C(O)/C=C/CCCCCCCCCCC. The van der Waals surface area contributed by atoms with E-state index in [0.717, 1.165) is 103 Å². The van der Waals surface area contributed by atoms with Gasteiger partial charge in [0.2, 0.25) is 5.91 Å². The van der Waals surface area contributed by atoms with E-state index in [4.69, 9.17) is 14.2 Å². The summed E-state index contributed by atoms with van der Waals surface area (Å²) in [6.45, 7) is 5.44. The number of carbonyl (C=O) groups excluding carboxylic acids is 2. The van der Waals surface area contributed by atoms with Gasteiger partial charge in [-0.3, -0.25) is 9.59 Å². The Morgan fingerprint density at radius 3 is 1.59 bits per heavy atom. The van der Waals surface area contributed by atoms with Crippen LogP contribution in [0.25, 0.3) is 0 Å². The van der Waals surface area contributed by atoms with Crippen LogP contribution in [0, 0.1) is 0 Å². The lowest BCUT2D eigenvalue weighted by molar-refractivity contribution is -0.305. The molecule has 0 aromatic rings. The molecule has 424 valence electrons. The summed E-state index contributed by atoms with van der Waals surface area (Å²) in [6.07, 6.45) is 60.8. The first kappa shape index (κ1) is 68.8. The van der Waals surface area contributed by atoms with Gasteiger partial charge in [-0.1, -0.05) is 238 Å². The third kappa shape index (κ3) is 38.9. The second-order valence-corrected chi connectivity index (χ2v) is 19.4. The molecule has 0 bridgehead atoms. The highest BCUT2D eigenvalue weighted by Gasteiger charge is 2.47. The second-order valence-electron chi connectivity index (χ2n) is 19.4. The number of unbranched alkanes of at least 4 members (excludes halogenated alkanes) is 16. The van der Waals surface area contributed by atoms with Crippen LogP contribution < -0.4 is 5.32 Å². The largest absolute Gasteiger partial charge is 0.454 e. The molecule has 0 aromatic carbocycles.